The molecule has 0 fully saturated rings. The van der Waals surface area contributed by atoms with Crippen LogP contribution in [0.3, 0.4) is 0 Å². The van der Waals surface area contributed by atoms with Crippen LogP contribution < -0.4 is 0 Å². The van der Waals surface area contributed by atoms with Crippen molar-refractivity contribution in [3.8, 4) is 11.1 Å². The molecule has 3 nitrogen and oxygen atoms in total. The lowest BCUT2D eigenvalue weighted by molar-refractivity contribution is 0.504. The van der Waals surface area contributed by atoms with E-state index in [0.29, 0.717) is 22.5 Å². The highest BCUT2D eigenvalue weighted by Gasteiger charge is 2.29. The van der Waals surface area contributed by atoms with Crippen LogP contribution in [0.2, 0.25) is 5.15 Å². The number of fused-ring (bicyclic) bond motifs is 1. The monoisotopic (exact) mass is 433 g/mol. The third-order valence-corrected chi connectivity index (χ3v) is 6.60. The van der Waals surface area contributed by atoms with Crippen LogP contribution in [0.25, 0.3) is 22.0 Å². The summed E-state index contributed by atoms with van der Waals surface area (Å²) in [4.78, 5) is 3.32. The molecule has 4 aromatic rings. The lowest BCUT2D eigenvalue weighted by Gasteiger charge is -2.15. The summed E-state index contributed by atoms with van der Waals surface area (Å²) in [6.45, 7) is 0. The first kappa shape index (κ1) is 19.4. The van der Waals surface area contributed by atoms with E-state index in [4.69, 9.17) is 11.6 Å². The second kappa shape index (κ2) is 7.17. The van der Waals surface area contributed by atoms with Gasteiger partial charge in [0, 0.05) is 10.9 Å². The average molecular weight is 434 g/mol. The summed E-state index contributed by atoms with van der Waals surface area (Å²) in [7, 11) is -4.38. The second-order valence-corrected chi connectivity index (χ2v) is 8.45. The molecule has 0 unspecified atom stereocenters. The fourth-order valence-electron chi connectivity index (χ4n) is 3.07. The minimum Gasteiger partial charge on any atom is -0.235 e. The number of hydrogen-bond donors (Lipinski definition) is 0. The van der Waals surface area contributed by atoms with E-state index in [0.717, 1.165) is 12.1 Å². The van der Waals surface area contributed by atoms with Gasteiger partial charge in [-0.3, -0.25) is 0 Å². The first-order valence-corrected chi connectivity index (χ1v) is 10.2. The molecule has 0 saturated heterocycles. The van der Waals surface area contributed by atoms with Crippen molar-refractivity contribution in [1.82, 2.24) is 4.98 Å². The molecule has 146 valence electrons. The van der Waals surface area contributed by atoms with Gasteiger partial charge in [0.05, 0.1) is 10.4 Å². The Balaban J connectivity index is 2.11. The number of rotatable bonds is 3. The Kier molecular flexibility index (Phi) is 4.80. The lowest BCUT2D eigenvalue weighted by Crippen LogP contribution is -2.08. The Bertz CT molecular complexity index is 1360. The zero-order chi connectivity index (χ0) is 20.8. The number of benzene rings is 3. The minimum absolute atomic E-state index is 0.199. The lowest BCUT2D eigenvalue weighted by atomic mass is 10.0. The topological polar surface area (TPSA) is 47.0 Å². The van der Waals surface area contributed by atoms with Gasteiger partial charge in [0.15, 0.2) is 11.6 Å². The van der Waals surface area contributed by atoms with Crippen molar-refractivity contribution in [3.05, 3.63) is 89.3 Å². The molecule has 0 saturated carbocycles. The van der Waals surface area contributed by atoms with E-state index in [2.05, 4.69) is 4.98 Å². The first-order chi connectivity index (χ1) is 13.8. The smallest absolute Gasteiger partial charge is 0.210 e. The van der Waals surface area contributed by atoms with Gasteiger partial charge in [0.1, 0.15) is 15.9 Å². The summed E-state index contributed by atoms with van der Waals surface area (Å²) in [6, 6.07) is 14.2. The molecule has 0 bridgehead atoms. The summed E-state index contributed by atoms with van der Waals surface area (Å²) >= 11 is 6.26. The SMILES string of the molecule is O=S(=O)(c1ccc(F)c(F)c1)c1c(Cl)nc2ccccc2c1-c1ccc(F)cc1. The van der Waals surface area contributed by atoms with E-state index in [9.17, 15) is 21.6 Å². The Hall–Kier alpha value is -2.90. The molecule has 1 heterocycles. The molecule has 0 aliphatic heterocycles. The predicted octanol–water partition coefficient (Wildman–Crippen LogP) is 5.81. The van der Waals surface area contributed by atoms with Crippen molar-refractivity contribution >= 4 is 32.3 Å². The van der Waals surface area contributed by atoms with Crippen LogP contribution in [0.1, 0.15) is 0 Å². The average Bonchev–Trinajstić information content (AvgIpc) is 2.69. The third kappa shape index (κ3) is 3.36. The van der Waals surface area contributed by atoms with Gasteiger partial charge in [-0.05, 0) is 42.0 Å². The largest absolute Gasteiger partial charge is 0.235 e. The molecule has 0 amide bonds. The fraction of sp³-hybridized carbons (Fsp3) is 0. The van der Waals surface area contributed by atoms with Crippen molar-refractivity contribution < 1.29 is 21.6 Å². The standard InChI is InChI=1S/C21H11ClF3NO2S/c22-21-20(29(27,28)14-9-10-16(24)17(25)11-14)19(12-5-7-13(23)8-6-12)15-3-1-2-4-18(15)26-21/h1-11H. The Morgan fingerprint density at radius 3 is 2.21 bits per heavy atom. The van der Waals surface area contributed by atoms with Gasteiger partial charge in [-0.25, -0.2) is 26.6 Å². The number of pyridine rings is 1. The summed E-state index contributed by atoms with van der Waals surface area (Å²) in [5.74, 6) is -2.98. The van der Waals surface area contributed by atoms with Crippen LogP contribution in [-0.2, 0) is 9.84 Å². The maximum atomic E-state index is 13.7. The van der Waals surface area contributed by atoms with E-state index in [1.165, 1.54) is 24.3 Å². The first-order valence-electron chi connectivity index (χ1n) is 8.33. The number of sulfone groups is 1. The highest BCUT2D eigenvalue weighted by molar-refractivity contribution is 7.91. The van der Waals surface area contributed by atoms with E-state index < -0.39 is 32.2 Å². The molecule has 0 spiro atoms. The summed E-state index contributed by atoms with van der Waals surface area (Å²) in [5, 5.41) is 0.137. The summed E-state index contributed by atoms with van der Waals surface area (Å²) in [6.07, 6.45) is 0. The molecule has 29 heavy (non-hydrogen) atoms. The molecule has 1 aromatic heterocycles. The van der Waals surface area contributed by atoms with Gasteiger partial charge in [-0.15, -0.1) is 0 Å². The van der Waals surface area contributed by atoms with E-state index in [-0.39, 0.29) is 15.6 Å². The molecule has 4 rings (SSSR count). The van der Waals surface area contributed by atoms with Crippen LogP contribution in [0.5, 0.6) is 0 Å². The van der Waals surface area contributed by atoms with Gasteiger partial charge in [0.2, 0.25) is 9.84 Å². The number of aromatic nitrogens is 1. The van der Waals surface area contributed by atoms with E-state index in [1.807, 2.05) is 0 Å². The molecule has 0 aliphatic carbocycles. The van der Waals surface area contributed by atoms with Gasteiger partial charge in [-0.1, -0.05) is 41.9 Å². The maximum Gasteiger partial charge on any atom is 0.210 e. The van der Waals surface area contributed by atoms with E-state index >= 15 is 0 Å². The van der Waals surface area contributed by atoms with Crippen molar-refractivity contribution in [3.63, 3.8) is 0 Å². The minimum atomic E-state index is -4.38. The number of halogens is 4. The van der Waals surface area contributed by atoms with Crippen molar-refractivity contribution in [2.24, 2.45) is 0 Å². The normalized spacial score (nSPS) is 11.7. The van der Waals surface area contributed by atoms with Gasteiger partial charge >= 0.3 is 0 Å². The molecule has 0 radical (unpaired) electrons. The molecule has 0 N–H and O–H groups in total. The molecule has 3 aromatic carbocycles. The fourth-order valence-corrected chi connectivity index (χ4v) is 5.07. The van der Waals surface area contributed by atoms with Gasteiger partial charge in [-0.2, -0.15) is 0 Å². The van der Waals surface area contributed by atoms with E-state index in [1.54, 1.807) is 24.3 Å². The molecule has 0 atom stereocenters. The van der Waals surface area contributed by atoms with Gasteiger partial charge < -0.3 is 0 Å². The zero-order valence-corrected chi connectivity index (χ0v) is 16.1. The second-order valence-electron chi connectivity index (χ2n) is 6.21. The molecule has 8 heteroatoms. The van der Waals surface area contributed by atoms with Crippen LogP contribution in [0, 0.1) is 17.5 Å². The Morgan fingerprint density at radius 1 is 0.828 bits per heavy atom. The zero-order valence-electron chi connectivity index (χ0n) is 14.5. The van der Waals surface area contributed by atoms with Crippen LogP contribution in [0.4, 0.5) is 13.2 Å². The highest BCUT2D eigenvalue weighted by Crippen LogP contribution is 2.40. The summed E-state index contributed by atoms with van der Waals surface area (Å²) < 4.78 is 67.1. The van der Waals surface area contributed by atoms with Crippen molar-refractivity contribution in [1.29, 1.82) is 0 Å². The molecule has 0 aliphatic rings. The van der Waals surface area contributed by atoms with Crippen LogP contribution in [-0.4, -0.2) is 13.4 Å². The van der Waals surface area contributed by atoms with Crippen LogP contribution >= 0.6 is 11.6 Å². The Labute approximate surface area is 169 Å². The maximum absolute atomic E-state index is 13.7. The number of para-hydroxylation sites is 1. The number of nitrogens with zero attached hydrogens (tertiary/aromatic N) is 1. The van der Waals surface area contributed by atoms with Gasteiger partial charge in [0.25, 0.3) is 0 Å². The summed E-state index contributed by atoms with van der Waals surface area (Å²) in [5.41, 5.74) is 1.01. The highest BCUT2D eigenvalue weighted by atomic mass is 35.5. The quantitative estimate of drug-likeness (QED) is 0.303. The van der Waals surface area contributed by atoms with Crippen LogP contribution in [0.15, 0.2) is 76.5 Å². The molecular weight excluding hydrogens is 423 g/mol. The number of hydrogen-bond acceptors (Lipinski definition) is 3. The third-order valence-electron chi connectivity index (χ3n) is 4.41. The van der Waals surface area contributed by atoms with Crippen molar-refractivity contribution in [2.75, 3.05) is 0 Å². The predicted molar refractivity (Wildman–Crippen MR) is 104 cm³/mol. The van der Waals surface area contributed by atoms with Crippen molar-refractivity contribution in [2.45, 2.75) is 9.79 Å². The molecular formula is C21H11ClF3NO2S. The Morgan fingerprint density at radius 2 is 1.52 bits per heavy atom.